The number of hydrogen-bond acceptors (Lipinski definition) is 4. The molecule has 1 aromatic heterocycles. The molecular weight excluding hydrogens is 358 g/mol. The molecule has 7 heteroatoms. The molecule has 3 aromatic rings. The number of methoxy groups -OCH3 is 1. The molecule has 3 N–H and O–H groups in total. The molecule has 3 amide bonds. The Morgan fingerprint density at radius 1 is 0.964 bits per heavy atom. The second kappa shape index (κ2) is 9.38. The lowest BCUT2D eigenvalue weighted by Gasteiger charge is -2.09. The van der Waals surface area contributed by atoms with Crippen LogP contribution in [0.25, 0.3) is 0 Å². The average Bonchev–Trinajstić information content (AvgIpc) is 3.22. The summed E-state index contributed by atoms with van der Waals surface area (Å²) in [5.41, 5.74) is 2.71. The van der Waals surface area contributed by atoms with Crippen LogP contribution >= 0.6 is 0 Å². The van der Waals surface area contributed by atoms with Crippen LogP contribution in [0.15, 0.2) is 71.3 Å². The van der Waals surface area contributed by atoms with Gasteiger partial charge in [0.2, 0.25) is 0 Å². The highest BCUT2D eigenvalue weighted by atomic mass is 16.5. The minimum atomic E-state index is -0.344. The number of urea groups is 1. The highest BCUT2D eigenvalue weighted by Crippen LogP contribution is 2.15. The molecule has 0 radical (unpaired) electrons. The van der Waals surface area contributed by atoms with E-state index in [1.54, 1.807) is 61.9 Å². The van der Waals surface area contributed by atoms with Crippen molar-refractivity contribution >= 4 is 23.3 Å². The average molecular weight is 379 g/mol. The number of amides is 3. The molecular formula is C21H21N3O4. The van der Waals surface area contributed by atoms with E-state index in [-0.39, 0.29) is 11.9 Å². The van der Waals surface area contributed by atoms with Crippen molar-refractivity contribution in [3.05, 3.63) is 83.8 Å². The molecule has 7 nitrogen and oxygen atoms in total. The number of rotatable bonds is 7. The Hall–Kier alpha value is -3.58. The maximum Gasteiger partial charge on any atom is 0.319 e. The number of nitrogens with one attached hydrogen (secondary N) is 3. The van der Waals surface area contributed by atoms with Gasteiger partial charge in [-0.3, -0.25) is 4.79 Å². The fourth-order valence-electron chi connectivity index (χ4n) is 2.57. The van der Waals surface area contributed by atoms with Crippen LogP contribution in [0.2, 0.25) is 0 Å². The van der Waals surface area contributed by atoms with Gasteiger partial charge in [0.05, 0.1) is 19.4 Å². The van der Waals surface area contributed by atoms with E-state index in [1.807, 2.05) is 12.1 Å². The van der Waals surface area contributed by atoms with Crippen LogP contribution in [0.3, 0.4) is 0 Å². The number of carbonyl (C=O) groups is 2. The summed E-state index contributed by atoms with van der Waals surface area (Å²) < 4.78 is 10.2. The van der Waals surface area contributed by atoms with E-state index in [4.69, 9.17) is 9.15 Å². The van der Waals surface area contributed by atoms with Crippen LogP contribution in [0, 0.1) is 0 Å². The summed E-state index contributed by atoms with van der Waals surface area (Å²) in [7, 11) is 1.61. The fraction of sp³-hybridized carbons (Fsp3) is 0.143. The van der Waals surface area contributed by atoms with Gasteiger partial charge in [-0.15, -0.1) is 0 Å². The van der Waals surface area contributed by atoms with Crippen molar-refractivity contribution in [3.63, 3.8) is 0 Å². The lowest BCUT2D eigenvalue weighted by molar-refractivity contribution is 0.102. The lowest BCUT2D eigenvalue weighted by Crippen LogP contribution is -2.27. The van der Waals surface area contributed by atoms with Crippen molar-refractivity contribution in [2.24, 2.45) is 0 Å². The number of benzene rings is 2. The zero-order valence-corrected chi connectivity index (χ0v) is 15.4. The van der Waals surface area contributed by atoms with E-state index in [0.717, 1.165) is 5.56 Å². The number of anilines is 2. The first-order valence-corrected chi connectivity index (χ1v) is 8.70. The van der Waals surface area contributed by atoms with Crippen LogP contribution in [0.1, 0.15) is 21.7 Å². The Morgan fingerprint density at radius 3 is 2.39 bits per heavy atom. The number of ether oxygens (including phenoxy) is 1. The third-order valence-corrected chi connectivity index (χ3v) is 3.90. The molecule has 0 aliphatic carbocycles. The first kappa shape index (κ1) is 19.2. The Bertz CT molecular complexity index is 921. The maximum absolute atomic E-state index is 12.4. The van der Waals surface area contributed by atoms with E-state index in [0.29, 0.717) is 35.9 Å². The van der Waals surface area contributed by atoms with Crippen molar-refractivity contribution in [2.75, 3.05) is 17.7 Å². The molecule has 0 spiro atoms. The minimum Gasteiger partial charge on any atom is -0.467 e. The monoisotopic (exact) mass is 379 g/mol. The summed E-state index contributed by atoms with van der Waals surface area (Å²) in [5.74, 6) is 0.456. The van der Waals surface area contributed by atoms with Gasteiger partial charge in [-0.25, -0.2) is 4.79 Å². The molecule has 0 fully saturated rings. The van der Waals surface area contributed by atoms with Gasteiger partial charge in [0.15, 0.2) is 0 Å². The van der Waals surface area contributed by atoms with Gasteiger partial charge in [0.25, 0.3) is 5.91 Å². The normalized spacial score (nSPS) is 10.3. The van der Waals surface area contributed by atoms with Crippen molar-refractivity contribution in [2.45, 2.75) is 13.2 Å². The van der Waals surface area contributed by atoms with Gasteiger partial charge in [-0.2, -0.15) is 0 Å². The standard InChI is InChI=1S/C21H21N3O4/c1-27-14-15-4-2-5-16(12-15)20(25)23-17-7-9-18(10-8-17)24-21(26)22-13-19-6-3-11-28-19/h2-12H,13-14H2,1H3,(H,23,25)(H2,22,24,26). The molecule has 0 saturated carbocycles. The summed E-state index contributed by atoms with van der Waals surface area (Å²) in [4.78, 5) is 24.3. The Kier molecular flexibility index (Phi) is 6.43. The summed E-state index contributed by atoms with van der Waals surface area (Å²) in [6, 6.07) is 17.3. The number of carbonyl (C=O) groups excluding carboxylic acids is 2. The fourth-order valence-corrected chi connectivity index (χ4v) is 2.57. The molecule has 2 aromatic carbocycles. The lowest BCUT2D eigenvalue weighted by atomic mass is 10.1. The molecule has 0 aliphatic heterocycles. The van der Waals surface area contributed by atoms with Gasteiger partial charge in [-0.05, 0) is 54.1 Å². The molecule has 3 rings (SSSR count). The summed E-state index contributed by atoms with van der Waals surface area (Å²) in [6.07, 6.45) is 1.55. The first-order valence-electron chi connectivity index (χ1n) is 8.70. The molecule has 144 valence electrons. The third kappa shape index (κ3) is 5.46. The van der Waals surface area contributed by atoms with Crippen LogP contribution < -0.4 is 16.0 Å². The predicted molar refractivity (Wildman–Crippen MR) is 106 cm³/mol. The van der Waals surface area contributed by atoms with E-state index in [2.05, 4.69) is 16.0 Å². The molecule has 1 heterocycles. The molecule has 0 saturated heterocycles. The quantitative estimate of drug-likeness (QED) is 0.578. The minimum absolute atomic E-state index is 0.213. The second-order valence-electron chi connectivity index (χ2n) is 6.05. The van der Waals surface area contributed by atoms with Crippen LogP contribution in [-0.2, 0) is 17.9 Å². The highest BCUT2D eigenvalue weighted by molar-refractivity contribution is 6.04. The zero-order valence-electron chi connectivity index (χ0n) is 15.4. The summed E-state index contributed by atoms with van der Waals surface area (Å²) in [5, 5.41) is 8.24. The van der Waals surface area contributed by atoms with Gasteiger partial charge in [0, 0.05) is 24.0 Å². The highest BCUT2D eigenvalue weighted by Gasteiger charge is 2.08. The third-order valence-electron chi connectivity index (χ3n) is 3.90. The smallest absolute Gasteiger partial charge is 0.319 e. The Labute approximate surface area is 162 Å². The topological polar surface area (TPSA) is 92.6 Å². The summed E-state index contributed by atoms with van der Waals surface area (Å²) >= 11 is 0. The second-order valence-corrected chi connectivity index (χ2v) is 6.05. The van der Waals surface area contributed by atoms with Crippen molar-refractivity contribution in [3.8, 4) is 0 Å². The predicted octanol–water partition coefficient (Wildman–Crippen LogP) is 4.00. The Balaban J connectivity index is 1.53. The van der Waals surface area contributed by atoms with Gasteiger partial charge < -0.3 is 25.1 Å². The molecule has 0 unspecified atom stereocenters. The Morgan fingerprint density at radius 2 is 1.71 bits per heavy atom. The van der Waals surface area contributed by atoms with Crippen molar-refractivity contribution in [1.82, 2.24) is 5.32 Å². The SMILES string of the molecule is COCc1cccc(C(=O)Nc2ccc(NC(=O)NCc3ccco3)cc2)c1. The van der Waals surface area contributed by atoms with Gasteiger partial charge in [-0.1, -0.05) is 12.1 Å². The van der Waals surface area contributed by atoms with Gasteiger partial charge in [0.1, 0.15) is 5.76 Å². The zero-order chi connectivity index (χ0) is 19.8. The molecule has 0 atom stereocenters. The van der Waals surface area contributed by atoms with Crippen LogP contribution in [0.5, 0.6) is 0 Å². The maximum atomic E-state index is 12.4. The van der Waals surface area contributed by atoms with E-state index >= 15 is 0 Å². The summed E-state index contributed by atoms with van der Waals surface area (Å²) in [6.45, 7) is 0.749. The van der Waals surface area contributed by atoms with E-state index in [9.17, 15) is 9.59 Å². The van der Waals surface area contributed by atoms with E-state index < -0.39 is 0 Å². The van der Waals surface area contributed by atoms with Crippen molar-refractivity contribution < 1.29 is 18.7 Å². The number of furan rings is 1. The molecule has 0 bridgehead atoms. The van der Waals surface area contributed by atoms with Gasteiger partial charge >= 0.3 is 6.03 Å². The number of hydrogen-bond donors (Lipinski definition) is 3. The van der Waals surface area contributed by atoms with Crippen LogP contribution in [-0.4, -0.2) is 19.0 Å². The van der Waals surface area contributed by atoms with Crippen molar-refractivity contribution in [1.29, 1.82) is 0 Å². The largest absolute Gasteiger partial charge is 0.467 e. The first-order chi connectivity index (χ1) is 13.6. The van der Waals surface area contributed by atoms with Crippen LogP contribution in [0.4, 0.5) is 16.2 Å². The molecule has 28 heavy (non-hydrogen) atoms. The molecule has 0 aliphatic rings. The van der Waals surface area contributed by atoms with E-state index in [1.165, 1.54) is 0 Å².